The van der Waals surface area contributed by atoms with Crippen molar-refractivity contribution in [3.05, 3.63) is 46.5 Å². The molecule has 0 saturated heterocycles. The second kappa shape index (κ2) is 5.97. The Morgan fingerprint density at radius 1 is 1.33 bits per heavy atom. The van der Waals surface area contributed by atoms with E-state index in [1.165, 1.54) is 22.3 Å². The molecule has 0 N–H and O–H groups in total. The van der Waals surface area contributed by atoms with Crippen LogP contribution in [0.15, 0.2) is 34.8 Å². The van der Waals surface area contributed by atoms with E-state index >= 15 is 0 Å². The summed E-state index contributed by atoms with van der Waals surface area (Å²) in [7, 11) is 1.84. The first-order valence-electron chi connectivity index (χ1n) is 7.65. The number of allylic oxidation sites excluding steroid dienone is 2. The first-order valence-corrected chi connectivity index (χ1v) is 7.65. The molecule has 0 heterocycles. The Balaban J connectivity index is 2.59. The van der Waals surface area contributed by atoms with Crippen LogP contribution in [0, 0.1) is 13.8 Å². The molecule has 0 spiro atoms. The van der Waals surface area contributed by atoms with Crippen molar-refractivity contribution in [2.75, 3.05) is 7.05 Å². The second-order valence-corrected chi connectivity index (χ2v) is 6.05. The number of hydrogen-bond acceptors (Lipinski definition) is 2. The first kappa shape index (κ1) is 15.7. The van der Waals surface area contributed by atoms with Gasteiger partial charge in [0.1, 0.15) is 5.78 Å². The molecule has 2 nitrogen and oxygen atoms in total. The molecule has 0 aromatic heterocycles. The van der Waals surface area contributed by atoms with Gasteiger partial charge in [-0.25, -0.2) is 0 Å². The molecule has 1 aromatic carbocycles. The summed E-state index contributed by atoms with van der Waals surface area (Å²) >= 11 is 0. The number of aliphatic imine (C=N–C) groups is 1. The topological polar surface area (TPSA) is 29.4 Å². The van der Waals surface area contributed by atoms with Crippen LogP contribution >= 0.6 is 0 Å². The molecule has 1 fully saturated rings. The van der Waals surface area contributed by atoms with Gasteiger partial charge in [-0.05, 0) is 69.2 Å². The smallest absolute Gasteiger partial charge is 0.140 e. The lowest BCUT2D eigenvalue weighted by Crippen LogP contribution is -2.40. The van der Waals surface area contributed by atoms with E-state index in [1.54, 1.807) is 6.92 Å². The highest BCUT2D eigenvalue weighted by Crippen LogP contribution is 2.43. The molecule has 1 aliphatic rings. The predicted molar refractivity (Wildman–Crippen MR) is 89.2 cm³/mol. The number of rotatable bonds is 2. The first-order chi connectivity index (χ1) is 9.96. The summed E-state index contributed by atoms with van der Waals surface area (Å²) < 4.78 is 0. The van der Waals surface area contributed by atoms with Crippen molar-refractivity contribution in [2.45, 2.75) is 52.4 Å². The number of aryl methyl sites for hydroxylation is 1. The van der Waals surface area contributed by atoms with Crippen molar-refractivity contribution in [2.24, 2.45) is 4.99 Å². The van der Waals surface area contributed by atoms with Crippen molar-refractivity contribution in [1.29, 1.82) is 0 Å². The van der Waals surface area contributed by atoms with E-state index in [2.05, 4.69) is 43.1 Å². The third-order valence-corrected chi connectivity index (χ3v) is 5.06. The molecule has 1 unspecified atom stereocenters. The zero-order valence-corrected chi connectivity index (χ0v) is 13.8. The highest BCUT2D eigenvalue weighted by atomic mass is 16.1. The zero-order chi connectivity index (χ0) is 15.6. The van der Waals surface area contributed by atoms with Gasteiger partial charge in [-0.2, -0.15) is 0 Å². The average Bonchev–Trinajstić information content (AvgIpc) is 2.49. The number of carbonyl (C=O) groups is 1. The number of ketones is 1. The monoisotopic (exact) mass is 283 g/mol. The summed E-state index contributed by atoms with van der Waals surface area (Å²) in [6, 6.07) is 6.32. The van der Waals surface area contributed by atoms with Crippen LogP contribution in [0.25, 0.3) is 0 Å². The van der Waals surface area contributed by atoms with Crippen LogP contribution < -0.4 is 0 Å². The van der Waals surface area contributed by atoms with Gasteiger partial charge < -0.3 is 0 Å². The summed E-state index contributed by atoms with van der Waals surface area (Å²) in [5, 5.41) is 0. The normalized spacial score (nSPS) is 26.3. The third-order valence-electron chi connectivity index (χ3n) is 5.06. The summed E-state index contributed by atoms with van der Waals surface area (Å²) in [5.41, 5.74) is 5.70. The van der Waals surface area contributed by atoms with Gasteiger partial charge in [-0.3, -0.25) is 9.79 Å². The Morgan fingerprint density at radius 2 is 2.05 bits per heavy atom. The number of hydrogen-bond donors (Lipinski definition) is 0. The summed E-state index contributed by atoms with van der Waals surface area (Å²) in [4.78, 5) is 17.0. The SMILES string of the molecule is C/C=C1/CC(C(C)=O)(c2cccc(C)c2C)CCC1=NC. The molecule has 112 valence electrons. The van der Waals surface area contributed by atoms with Gasteiger partial charge in [0.15, 0.2) is 0 Å². The fraction of sp³-hybridized carbons (Fsp3) is 0.474. The molecular weight excluding hydrogens is 258 g/mol. The molecule has 0 bridgehead atoms. The minimum absolute atomic E-state index is 0.269. The minimum atomic E-state index is -0.383. The lowest BCUT2D eigenvalue weighted by atomic mass is 9.63. The van der Waals surface area contributed by atoms with Crippen molar-refractivity contribution in [3.63, 3.8) is 0 Å². The molecule has 2 heteroatoms. The molecule has 0 radical (unpaired) electrons. The van der Waals surface area contributed by atoms with Gasteiger partial charge in [-0.1, -0.05) is 24.3 Å². The molecular formula is C19H25NO. The van der Waals surface area contributed by atoms with Crippen molar-refractivity contribution < 1.29 is 4.79 Å². The van der Waals surface area contributed by atoms with Crippen LogP contribution in [0.2, 0.25) is 0 Å². The predicted octanol–water partition coefficient (Wildman–Crippen LogP) is 4.33. The van der Waals surface area contributed by atoms with E-state index in [9.17, 15) is 4.79 Å². The van der Waals surface area contributed by atoms with Gasteiger partial charge in [0.2, 0.25) is 0 Å². The van der Waals surface area contributed by atoms with E-state index < -0.39 is 0 Å². The Bertz CT molecular complexity index is 624. The molecule has 0 amide bonds. The average molecular weight is 283 g/mol. The Kier molecular flexibility index (Phi) is 4.46. The number of Topliss-reactive ketones (excluding diaryl/α,β-unsaturated/α-hetero) is 1. The van der Waals surface area contributed by atoms with E-state index in [1.807, 2.05) is 14.0 Å². The lowest BCUT2D eigenvalue weighted by Gasteiger charge is -2.38. The molecule has 0 aliphatic heterocycles. The van der Waals surface area contributed by atoms with Crippen LogP contribution in [0.5, 0.6) is 0 Å². The van der Waals surface area contributed by atoms with Crippen LogP contribution in [-0.2, 0) is 10.2 Å². The molecule has 1 saturated carbocycles. The number of nitrogens with zero attached hydrogens (tertiary/aromatic N) is 1. The minimum Gasteiger partial charge on any atom is -0.299 e. The van der Waals surface area contributed by atoms with E-state index in [4.69, 9.17) is 0 Å². The van der Waals surface area contributed by atoms with Crippen LogP contribution in [0.4, 0.5) is 0 Å². The van der Waals surface area contributed by atoms with E-state index in [0.717, 1.165) is 25.0 Å². The number of carbonyl (C=O) groups excluding carboxylic acids is 1. The van der Waals surface area contributed by atoms with E-state index in [-0.39, 0.29) is 11.2 Å². The Morgan fingerprint density at radius 3 is 2.62 bits per heavy atom. The Hall–Kier alpha value is -1.70. The molecule has 1 atom stereocenters. The summed E-state index contributed by atoms with van der Waals surface area (Å²) in [6.07, 6.45) is 4.62. The van der Waals surface area contributed by atoms with Crippen molar-refractivity contribution >= 4 is 11.5 Å². The largest absolute Gasteiger partial charge is 0.299 e. The molecule has 1 aromatic rings. The summed E-state index contributed by atoms with van der Waals surface area (Å²) in [6.45, 7) is 8.03. The third kappa shape index (κ3) is 2.59. The van der Waals surface area contributed by atoms with Gasteiger partial charge in [0, 0.05) is 12.8 Å². The van der Waals surface area contributed by atoms with Crippen LogP contribution in [0.3, 0.4) is 0 Å². The van der Waals surface area contributed by atoms with Crippen molar-refractivity contribution in [3.8, 4) is 0 Å². The van der Waals surface area contributed by atoms with Gasteiger partial charge >= 0.3 is 0 Å². The molecule has 21 heavy (non-hydrogen) atoms. The Labute approximate surface area is 128 Å². The summed E-state index contributed by atoms with van der Waals surface area (Å²) in [5.74, 6) is 0.269. The molecule has 2 rings (SSSR count). The quantitative estimate of drug-likeness (QED) is 0.794. The van der Waals surface area contributed by atoms with Crippen LogP contribution in [0.1, 0.15) is 49.8 Å². The zero-order valence-electron chi connectivity index (χ0n) is 13.8. The highest BCUT2D eigenvalue weighted by molar-refractivity contribution is 6.04. The maximum atomic E-state index is 12.6. The maximum Gasteiger partial charge on any atom is 0.140 e. The highest BCUT2D eigenvalue weighted by Gasteiger charge is 2.42. The second-order valence-electron chi connectivity index (χ2n) is 6.05. The standard InChI is InChI=1S/C19H25NO/c1-6-16-12-19(15(4)21,11-10-18(16)20-5)17-9-7-8-13(2)14(17)3/h6-9H,10-12H2,1-5H3/b16-6-,20-18?. The van der Waals surface area contributed by atoms with Crippen LogP contribution in [-0.4, -0.2) is 18.5 Å². The van der Waals surface area contributed by atoms with E-state index in [0.29, 0.717) is 0 Å². The van der Waals surface area contributed by atoms with Crippen molar-refractivity contribution in [1.82, 2.24) is 0 Å². The maximum absolute atomic E-state index is 12.6. The van der Waals surface area contributed by atoms with Gasteiger partial charge in [0.25, 0.3) is 0 Å². The molecule has 1 aliphatic carbocycles. The van der Waals surface area contributed by atoms with Gasteiger partial charge in [-0.15, -0.1) is 0 Å². The lowest BCUT2D eigenvalue weighted by molar-refractivity contribution is -0.122. The number of benzene rings is 1. The fourth-order valence-electron chi connectivity index (χ4n) is 3.52. The fourth-order valence-corrected chi connectivity index (χ4v) is 3.52. The van der Waals surface area contributed by atoms with Gasteiger partial charge in [0.05, 0.1) is 5.41 Å².